The van der Waals surface area contributed by atoms with Crippen LogP contribution in [0, 0.1) is 0 Å². The summed E-state index contributed by atoms with van der Waals surface area (Å²) in [5.74, 6) is 0.637. The van der Waals surface area contributed by atoms with Gasteiger partial charge in [-0.15, -0.1) is 10.2 Å². The van der Waals surface area contributed by atoms with E-state index in [4.69, 9.17) is 9.15 Å². The van der Waals surface area contributed by atoms with Gasteiger partial charge < -0.3 is 14.3 Å². The monoisotopic (exact) mass is 328 g/mol. The Morgan fingerprint density at radius 1 is 1.17 bits per heavy atom. The van der Waals surface area contributed by atoms with Crippen LogP contribution in [0.25, 0.3) is 11.5 Å². The van der Waals surface area contributed by atoms with Crippen LogP contribution in [-0.4, -0.2) is 27.5 Å². The van der Waals surface area contributed by atoms with E-state index in [-0.39, 0.29) is 16.5 Å². The molecule has 116 valence electrons. The minimum absolute atomic E-state index is 0.115. The molecule has 23 heavy (non-hydrogen) atoms. The van der Waals surface area contributed by atoms with E-state index in [1.165, 1.54) is 19.2 Å². The molecule has 1 aromatic heterocycles. The van der Waals surface area contributed by atoms with Crippen LogP contribution in [0.2, 0.25) is 0 Å². The van der Waals surface area contributed by atoms with Gasteiger partial charge in [-0.2, -0.15) is 0 Å². The molecular formula is C16H12N2O4S. The van der Waals surface area contributed by atoms with Gasteiger partial charge >= 0.3 is 0 Å². The van der Waals surface area contributed by atoms with E-state index < -0.39 is 5.12 Å². The summed E-state index contributed by atoms with van der Waals surface area (Å²) >= 11 is 0.760. The number of carbonyl (C=O) groups excluding carboxylic acids is 1. The highest BCUT2D eigenvalue weighted by molar-refractivity contribution is 8.14. The molecular weight excluding hydrogens is 316 g/mol. The Bertz CT molecular complexity index is 833. The Labute approximate surface area is 136 Å². The predicted molar refractivity (Wildman–Crippen MR) is 84.6 cm³/mol. The zero-order chi connectivity index (χ0) is 16.2. The summed E-state index contributed by atoms with van der Waals surface area (Å²) in [5, 5.41) is 17.3. The third kappa shape index (κ3) is 3.35. The van der Waals surface area contributed by atoms with Crippen LogP contribution in [0.5, 0.6) is 11.5 Å². The average Bonchev–Trinajstić information content (AvgIpc) is 3.03. The largest absolute Gasteiger partial charge is 0.507 e. The van der Waals surface area contributed by atoms with E-state index in [0.717, 1.165) is 17.3 Å². The van der Waals surface area contributed by atoms with Crippen molar-refractivity contribution in [1.29, 1.82) is 0 Å². The number of phenols is 1. The molecule has 1 N–H and O–H groups in total. The van der Waals surface area contributed by atoms with Crippen molar-refractivity contribution in [3.05, 3.63) is 54.1 Å². The van der Waals surface area contributed by atoms with Crippen molar-refractivity contribution in [2.45, 2.75) is 5.22 Å². The number of benzene rings is 2. The highest BCUT2D eigenvalue weighted by atomic mass is 32.2. The van der Waals surface area contributed by atoms with Crippen molar-refractivity contribution in [3.63, 3.8) is 0 Å². The van der Waals surface area contributed by atoms with Gasteiger partial charge in [0.2, 0.25) is 11.0 Å². The molecule has 3 aromatic rings. The zero-order valence-corrected chi connectivity index (χ0v) is 12.9. The maximum absolute atomic E-state index is 12.2. The number of hydrogen-bond donors (Lipinski definition) is 1. The van der Waals surface area contributed by atoms with E-state index >= 15 is 0 Å². The number of phenolic OH excluding ortho intramolecular Hbond substituents is 1. The first kappa shape index (κ1) is 15.1. The van der Waals surface area contributed by atoms with Crippen LogP contribution >= 0.6 is 11.8 Å². The maximum atomic E-state index is 12.2. The average molecular weight is 328 g/mol. The number of aromatic hydroxyl groups is 1. The molecule has 0 spiro atoms. The summed E-state index contributed by atoms with van der Waals surface area (Å²) in [6.45, 7) is 0. The lowest BCUT2D eigenvalue weighted by molar-refractivity contribution is 0.108. The fraction of sp³-hybridized carbons (Fsp3) is 0.0625. The minimum Gasteiger partial charge on any atom is -0.507 e. The molecule has 1 heterocycles. The third-order valence-corrected chi connectivity index (χ3v) is 3.78. The number of thioether (sulfide) groups is 1. The lowest BCUT2D eigenvalue weighted by Crippen LogP contribution is -1.95. The topological polar surface area (TPSA) is 85.5 Å². The van der Waals surface area contributed by atoms with Crippen molar-refractivity contribution in [3.8, 4) is 23.0 Å². The maximum Gasteiger partial charge on any atom is 0.284 e. The van der Waals surface area contributed by atoms with Gasteiger partial charge in [-0.3, -0.25) is 4.79 Å². The van der Waals surface area contributed by atoms with Crippen LogP contribution in [0.4, 0.5) is 0 Å². The molecule has 0 saturated heterocycles. The Kier molecular flexibility index (Phi) is 4.29. The van der Waals surface area contributed by atoms with E-state index in [9.17, 15) is 9.90 Å². The standard InChI is InChI=1S/C16H12N2O4S/c1-21-11-7-8-12(13(19)9-11)15(20)23-16-18-17-14(22-16)10-5-3-2-4-6-10/h2-9,19H,1H3. The lowest BCUT2D eigenvalue weighted by Gasteiger charge is -2.04. The van der Waals surface area contributed by atoms with Gasteiger partial charge in [0.1, 0.15) is 11.5 Å². The summed E-state index contributed by atoms with van der Waals surface area (Å²) in [6, 6.07) is 13.7. The number of aromatic nitrogens is 2. The van der Waals surface area contributed by atoms with Gasteiger partial charge in [0, 0.05) is 23.4 Å². The smallest absolute Gasteiger partial charge is 0.284 e. The zero-order valence-electron chi connectivity index (χ0n) is 12.1. The molecule has 0 aliphatic carbocycles. The van der Waals surface area contributed by atoms with Crippen LogP contribution in [0.3, 0.4) is 0 Å². The molecule has 0 atom stereocenters. The number of carbonyl (C=O) groups is 1. The SMILES string of the molecule is COc1ccc(C(=O)Sc2nnc(-c3ccccc3)o2)c(O)c1. The van der Waals surface area contributed by atoms with E-state index in [1.807, 2.05) is 30.3 Å². The Balaban J connectivity index is 1.77. The number of methoxy groups -OCH3 is 1. The normalized spacial score (nSPS) is 10.5. The number of nitrogens with zero attached hydrogens (tertiary/aromatic N) is 2. The van der Waals surface area contributed by atoms with Crippen molar-refractivity contribution < 1.29 is 19.1 Å². The molecule has 2 aromatic carbocycles. The predicted octanol–water partition coefficient (Wildman–Crippen LogP) is 3.38. The van der Waals surface area contributed by atoms with Gasteiger partial charge in [-0.05, 0) is 24.3 Å². The van der Waals surface area contributed by atoms with Gasteiger partial charge in [-0.25, -0.2) is 0 Å². The molecule has 0 bridgehead atoms. The number of ether oxygens (including phenoxy) is 1. The molecule has 7 heteroatoms. The molecule has 3 rings (SSSR count). The summed E-state index contributed by atoms with van der Waals surface area (Å²) in [4.78, 5) is 12.2. The Morgan fingerprint density at radius 2 is 1.96 bits per heavy atom. The lowest BCUT2D eigenvalue weighted by atomic mass is 10.2. The van der Waals surface area contributed by atoms with Crippen molar-refractivity contribution in [2.24, 2.45) is 0 Å². The molecule has 0 unspecified atom stereocenters. The van der Waals surface area contributed by atoms with E-state index in [0.29, 0.717) is 11.6 Å². The van der Waals surface area contributed by atoms with Crippen LogP contribution in [0.15, 0.2) is 58.2 Å². The Hall–Kier alpha value is -2.80. The number of rotatable bonds is 4. The van der Waals surface area contributed by atoms with E-state index in [2.05, 4.69) is 10.2 Å². The van der Waals surface area contributed by atoms with Gasteiger partial charge in [-0.1, -0.05) is 18.2 Å². The van der Waals surface area contributed by atoms with Crippen molar-refractivity contribution in [2.75, 3.05) is 7.11 Å². The van der Waals surface area contributed by atoms with Crippen molar-refractivity contribution in [1.82, 2.24) is 10.2 Å². The molecule has 0 amide bonds. The Morgan fingerprint density at radius 3 is 2.65 bits per heavy atom. The van der Waals surface area contributed by atoms with Gasteiger partial charge in [0.15, 0.2) is 0 Å². The van der Waals surface area contributed by atoms with Crippen molar-refractivity contribution >= 4 is 16.9 Å². The van der Waals surface area contributed by atoms with Gasteiger partial charge in [0.05, 0.1) is 12.7 Å². The highest BCUT2D eigenvalue weighted by Gasteiger charge is 2.18. The second-order valence-corrected chi connectivity index (χ2v) is 5.44. The molecule has 0 aliphatic heterocycles. The first-order valence-electron chi connectivity index (χ1n) is 6.65. The second kappa shape index (κ2) is 6.53. The molecule has 0 fully saturated rings. The fourth-order valence-corrected chi connectivity index (χ4v) is 2.54. The molecule has 0 saturated carbocycles. The number of hydrogen-bond acceptors (Lipinski definition) is 7. The van der Waals surface area contributed by atoms with Crippen LogP contribution in [0.1, 0.15) is 10.4 Å². The highest BCUT2D eigenvalue weighted by Crippen LogP contribution is 2.30. The molecule has 0 aliphatic rings. The first-order valence-corrected chi connectivity index (χ1v) is 7.47. The van der Waals surface area contributed by atoms with E-state index in [1.54, 1.807) is 6.07 Å². The fourth-order valence-electron chi connectivity index (χ4n) is 1.89. The summed E-state index contributed by atoms with van der Waals surface area (Å²) < 4.78 is 10.4. The first-order chi connectivity index (χ1) is 11.2. The summed E-state index contributed by atoms with van der Waals surface area (Å²) in [6.07, 6.45) is 0. The molecule has 6 nitrogen and oxygen atoms in total. The quantitative estimate of drug-likeness (QED) is 0.735. The molecule has 0 radical (unpaired) electrons. The summed E-state index contributed by atoms with van der Waals surface area (Å²) in [5.41, 5.74) is 0.918. The van der Waals surface area contributed by atoms with Crippen LogP contribution in [-0.2, 0) is 0 Å². The van der Waals surface area contributed by atoms with Crippen LogP contribution < -0.4 is 4.74 Å². The van der Waals surface area contributed by atoms with Gasteiger partial charge in [0.25, 0.3) is 5.22 Å². The summed E-state index contributed by atoms with van der Waals surface area (Å²) in [7, 11) is 1.48. The second-order valence-electron chi connectivity index (χ2n) is 4.51. The third-order valence-electron chi connectivity index (χ3n) is 3.03. The minimum atomic E-state index is -0.395.